The van der Waals surface area contributed by atoms with Gasteiger partial charge in [-0.15, -0.1) is 0 Å². The standard InChI is InChI=1S/C26H31N3O6/c1-29-12-13-34-17(15-29)14-27-25(32)23(10-11-24(30)31)28-26(33)35-16-22-20-8-4-2-6-18(20)19-7-3-5-9-21(19)22/h2-9,17,22-23H,10-16H2,1H3,(H,27,32)(H,28,33)(H,30,31). The molecule has 9 nitrogen and oxygen atoms in total. The molecular weight excluding hydrogens is 450 g/mol. The van der Waals surface area contributed by atoms with Gasteiger partial charge in [-0.05, 0) is 35.7 Å². The molecule has 2 aromatic carbocycles. The van der Waals surface area contributed by atoms with Gasteiger partial charge >= 0.3 is 12.1 Å². The Balaban J connectivity index is 1.35. The number of morpholine rings is 1. The zero-order valence-corrected chi connectivity index (χ0v) is 19.7. The third kappa shape index (κ3) is 6.17. The van der Waals surface area contributed by atoms with Crippen molar-refractivity contribution in [3.05, 3.63) is 59.7 Å². The number of hydrogen-bond acceptors (Lipinski definition) is 6. The van der Waals surface area contributed by atoms with E-state index in [0.29, 0.717) is 13.2 Å². The number of hydrogen-bond donors (Lipinski definition) is 3. The lowest BCUT2D eigenvalue weighted by molar-refractivity contribution is -0.137. The summed E-state index contributed by atoms with van der Waals surface area (Å²) >= 11 is 0. The van der Waals surface area contributed by atoms with Gasteiger partial charge in [-0.25, -0.2) is 4.79 Å². The molecule has 1 saturated heterocycles. The third-order valence-electron chi connectivity index (χ3n) is 6.44. The molecule has 4 rings (SSSR count). The van der Waals surface area contributed by atoms with Crippen molar-refractivity contribution in [3.8, 4) is 11.1 Å². The van der Waals surface area contributed by atoms with Crippen LogP contribution >= 0.6 is 0 Å². The molecule has 1 aliphatic heterocycles. The molecule has 1 fully saturated rings. The van der Waals surface area contributed by atoms with Crippen LogP contribution in [0.3, 0.4) is 0 Å². The van der Waals surface area contributed by atoms with Gasteiger partial charge in [0.15, 0.2) is 0 Å². The Morgan fingerprint density at radius 2 is 1.77 bits per heavy atom. The molecule has 0 aromatic heterocycles. The van der Waals surface area contributed by atoms with E-state index in [0.717, 1.165) is 28.8 Å². The van der Waals surface area contributed by atoms with Gasteiger partial charge in [-0.2, -0.15) is 0 Å². The van der Waals surface area contributed by atoms with Crippen molar-refractivity contribution in [2.24, 2.45) is 0 Å². The number of carbonyl (C=O) groups excluding carboxylic acids is 2. The van der Waals surface area contributed by atoms with E-state index in [1.165, 1.54) is 0 Å². The summed E-state index contributed by atoms with van der Waals surface area (Å²) < 4.78 is 11.2. The lowest BCUT2D eigenvalue weighted by Gasteiger charge is -2.30. The second-order valence-electron chi connectivity index (χ2n) is 8.96. The van der Waals surface area contributed by atoms with Crippen LogP contribution in [0.1, 0.15) is 29.9 Å². The van der Waals surface area contributed by atoms with Gasteiger partial charge in [0.25, 0.3) is 0 Å². The number of rotatable bonds is 9. The Bertz CT molecular complexity index is 1030. The average molecular weight is 482 g/mol. The monoisotopic (exact) mass is 481 g/mol. The minimum atomic E-state index is -1.05. The number of aliphatic carboxylic acids is 1. The highest BCUT2D eigenvalue weighted by atomic mass is 16.5. The van der Waals surface area contributed by atoms with Gasteiger partial charge in [-0.3, -0.25) is 9.59 Å². The Morgan fingerprint density at radius 1 is 1.11 bits per heavy atom. The van der Waals surface area contributed by atoms with E-state index < -0.39 is 24.0 Å². The first-order valence-corrected chi connectivity index (χ1v) is 11.8. The van der Waals surface area contributed by atoms with Crippen LogP contribution in [0.2, 0.25) is 0 Å². The summed E-state index contributed by atoms with van der Waals surface area (Å²) in [6.07, 6.45) is -1.22. The van der Waals surface area contributed by atoms with Gasteiger partial charge in [0.05, 0.1) is 12.7 Å². The molecule has 9 heteroatoms. The van der Waals surface area contributed by atoms with Crippen molar-refractivity contribution in [2.45, 2.75) is 30.9 Å². The molecule has 2 atom stereocenters. The second kappa shape index (κ2) is 11.3. The van der Waals surface area contributed by atoms with E-state index in [1.807, 2.05) is 55.6 Å². The summed E-state index contributed by atoms with van der Waals surface area (Å²) in [5, 5.41) is 14.4. The molecule has 35 heavy (non-hydrogen) atoms. The molecule has 0 radical (unpaired) electrons. The molecule has 3 N–H and O–H groups in total. The molecule has 1 heterocycles. The predicted molar refractivity (Wildman–Crippen MR) is 129 cm³/mol. The molecule has 0 bridgehead atoms. The number of nitrogens with zero attached hydrogens (tertiary/aromatic N) is 1. The molecule has 0 spiro atoms. The highest BCUT2D eigenvalue weighted by Gasteiger charge is 2.30. The summed E-state index contributed by atoms with van der Waals surface area (Å²) in [4.78, 5) is 38.6. The normalized spacial score (nSPS) is 18.3. The van der Waals surface area contributed by atoms with Crippen molar-refractivity contribution in [2.75, 3.05) is 39.9 Å². The first-order chi connectivity index (χ1) is 16.9. The number of carboxylic acids is 1. The summed E-state index contributed by atoms with van der Waals surface area (Å²) in [5.41, 5.74) is 4.40. The predicted octanol–water partition coefficient (Wildman–Crippen LogP) is 2.21. The molecule has 2 aromatic rings. The van der Waals surface area contributed by atoms with Crippen LogP contribution in [0.4, 0.5) is 4.79 Å². The van der Waals surface area contributed by atoms with Crippen molar-refractivity contribution >= 4 is 18.0 Å². The highest BCUT2D eigenvalue weighted by Crippen LogP contribution is 2.44. The summed E-state index contributed by atoms with van der Waals surface area (Å²) in [7, 11) is 1.98. The van der Waals surface area contributed by atoms with Crippen LogP contribution in [0.25, 0.3) is 11.1 Å². The van der Waals surface area contributed by atoms with Gasteiger partial charge in [0.2, 0.25) is 5.91 Å². The number of carboxylic acid groups (broad SMARTS) is 1. The maximum absolute atomic E-state index is 12.8. The fraction of sp³-hybridized carbons (Fsp3) is 0.423. The lowest BCUT2D eigenvalue weighted by atomic mass is 9.98. The first kappa shape index (κ1) is 24.7. The van der Waals surface area contributed by atoms with Crippen molar-refractivity contribution in [1.29, 1.82) is 0 Å². The Hall–Kier alpha value is -3.43. The Kier molecular flexibility index (Phi) is 7.99. The van der Waals surface area contributed by atoms with Gasteiger partial charge in [0.1, 0.15) is 12.6 Å². The van der Waals surface area contributed by atoms with Gasteiger partial charge < -0.3 is 30.1 Å². The zero-order valence-electron chi connectivity index (χ0n) is 19.7. The fourth-order valence-corrected chi connectivity index (χ4v) is 4.65. The topological polar surface area (TPSA) is 117 Å². The molecule has 2 amide bonds. The van der Waals surface area contributed by atoms with E-state index in [4.69, 9.17) is 14.6 Å². The van der Waals surface area contributed by atoms with Crippen molar-refractivity contribution < 1.29 is 29.0 Å². The number of carbonyl (C=O) groups is 3. The molecule has 1 aliphatic carbocycles. The SMILES string of the molecule is CN1CCOC(CNC(=O)C(CCC(=O)O)NC(=O)OCC2c3ccccc3-c3ccccc32)C1. The minimum Gasteiger partial charge on any atom is -0.481 e. The molecule has 186 valence electrons. The number of alkyl carbamates (subject to hydrolysis) is 1. The van der Waals surface area contributed by atoms with Gasteiger partial charge in [-0.1, -0.05) is 48.5 Å². The van der Waals surface area contributed by atoms with E-state index in [9.17, 15) is 14.4 Å². The quantitative estimate of drug-likeness (QED) is 0.503. The van der Waals surface area contributed by atoms with Crippen molar-refractivity contribution in [3.63, 3.8) is 0 Å². The van der Waals surface area contributed by atoms with E-state index in [2.05, 4.69) is 15.5 Å². The zero-order chi connectivity index (χ0) is 24.8. The van der Waals surface area contributed by atoms with Crippen LogP contribution in [-0.4, -0.2) is 80.0 Å². The van der Waals surface area contributed by atoms with E-state index >= 15 is 0 Å². The number of ether oxygens (including phenoxy) is 2. The van der Waals surface area contributed by atoms with Crippen LogP contribution in [0.15, 0.2) is 48.5 Å². The number of fused-ring (bicyclic) bond motifs is 3. The molecular formula is C26H31N3O6. The van der Waals surface area contributed by atoms with Crippen molar-refractivity contribution in [1.82, 2.24) is 15.5 Å². The maximum Gasteiger partial charge on any atom is 0.407 e. The second-order valence-corrected chi connectivity index (χ2v) is 8.96. The Labute approximate surface area is 204 Å². The van der Waals surface area contributed by atoms with Crippen LogP contribution in [0.5, 0.6) is 0 Å². The molecule has 0 saturated carbocycles. The lowest BCUT2D eigenvalue weighted by Crippen LogP contribution is -2.51. The largest absolute Gasteiger partial charge is 0.481 e. The smallest absolute Gasteiger partial charge is 0.407 e. The van der Waals surface area contributed by atoms with Gasteiger partial charge in [0, 0.05) is 32.0 Å². The summed E-state index contributed by atoms with van der Waals surface area (Å²) in [6, 6.07) is 15.0. The van der Waals surface area contributed by atoms with Crippen LogP contribution in [0, 0.1) is 0 Å². The highest BCUT2D eigenvalue weighted by molar-refractivity contribution is 5.86. The number of benzene rings is 2. The minimum absolute atomic E-state index is 0.0449. The molecule has 2 unspecified atom stereocenters. The summed E-state index contributed by atoms with van der Waals surface area (Å²) in [6.45, 7) is 2.47. The number of likely N-dealkylation sites (N-methyl/N-ethyl adjacent to an activating group) is 1. The Morgan fingerprint density at radius 3 is 2.40 bits per heavy atom. The maximum atomic E-state index is 12.8. The third-order valence-corrected chi connectivity index (χ3v) is 6.44. The van der Waals surface area contributed by atoms with Crippen LogP contribution in [-0.2, 0) is 19.1 Å². The fourth-order valence-electron chi connectivity index (χ4n) is 4.65. The average Bonchev–Trinajstić information content (AvgIpc) is 3.17. The number of amides is 2. The van der Waals surface area contributed by atoms with Crippen LogP contribution < -0.4 is 10.6 Å². The van der Waals surface area contributed by atoms with E-state index in [1.54, 1.807) is 0 Å². The number of nitrogens with one attached hydrogen (secondary N) is 2. The first-order valence-electron chi connectivity index (χ1n) is 11.8. The molecule has 2 aliphatic rings. The van der Waals surface area contributed by atoms with E-state index in [-0.39, 0.29) is 38.0 Å². The summed E-state index contributed by atoms with van der Waals surface area (Å²) in [5.74, 6) is -1.62.